The van der Waals surface area contributed by atoms with Gasteiger partial charge in [0.15, 0.2) is 0 Å². The van der Waals surface area contributed by atoms with Gasteiger partial charge in [0.2, 0.25) is 0 Å². The smallest absolute Gasteiger partial charge is 0.115 e. The van der Waals surface area contributed by atoms with Crippen molar-refractivity contribution in [1.29, 1.82) is 0 Å². The molecule has 1 saturated heterocycles. The van der Waals surface area contributed by atoms with Crippen molar-refractivity contribution in [3.05, 3.63) is 24.3 Å². The average molecular weight is 178 g/mol. The van der Waals surface area contributed by atoms with Crippen LogP contribution < -0.4 is 10.6 Å². The minimum absolute atomic E-state index is 0.606. The van der Waals surface area contributed by atoms with Gasteiger partial charge >= 0.3 is 0 Å². The standard InChI is InChI=1S/C9H14N4/c1-3-10-5-8(1)12-6-9-2-4-11-7-13-9/h2,4,7-8,10,12H,1,3,5-6H2. The van der Waals surface area contributed by atoms with Gasteiger partial charge in [0.05, 0.1) is 5.69 Å². The van der Waals surface area contributed by atoms with Crippen LogP contribution in [0.3, 0.4) is 0 Å². The molecule has 0 bridgehead atoms. The first-order chi connectivity index (χ1) is 6.45. The van der Waals surface area contributed by atoms with Crippen LogP contribution in [0, 0.1) is 0 Å². The van der Waals surface area contributed by atoms with E-state index in [2.05, 4.69) is 20.6 Å². The molecule has 1 aliphatic rings. The van der Waals surface area contributed by atoms with Gasteiger partial charge in [-0.3, -0.25) is 0 Å². The Morgan fingerprint density at radius 1 is 1.62 bits per heavy atom. The van der Waals surface area contributed by atoms with Crippen LogP contribution in [0.25, 0.3) is 0 Å². The van der Waals surface area contributed by atoms with Crippen molar-refractivity contribution < 1.29 is 0 Å². The Balaban J connectivity index is 1.79. The summed E-state index contributed by atoms with van der Waals surface area (Å²) < 4.78 is 0. The number of aromatic nitrogens is 2. The molecule has 2 rings (SSSR count). The molecule has 70 valence electrons. The number of hydrogen-bond acceptors (Lipinski definition) is 4. The Morgan fingerprint density at radius 3 is 3.31 bits per heavy atom. The normalized spacial score (nSPS) is 22.0. The van der Waals surface area contributed by atoms with Crippen LogP contribution in [0.2, 0.25) is 0 Å². The van der Waals surface area contributed by atoms with E-state index in [1.54, 1.807) is 12.5 Å². The van der Waals surface area contributed by atoms with Gasteiger partial charge in [-0.15, -0.1) is 0 Å². The molecule has 1 atom stereocenters. The van der Waals surface area contributed by atoms with Crippen LogP contribution >= 0.6 is 0 Å². The molecule has 13 heavy (non-hydrogen) atoms. The zero-order chi connectivity index (χ0) is 8.93. The summed E-state index contributed by atoms with van der Waals surface area (Å²) in [5.74, 6) is 0. The second-order valence-electron chi connectivity index (χ2n) is 3.27. The maximum atomic E-state index is 4.15. The second kappa shape index (κ2) is 4.30. The van der Waals surface area contributed by atoms with E-state index in [0.29, 0.717) is 6.04 Å². The van der Waals surface area contributed by atoms with Gasteiger partial charge in [0.25, 0.3) is 0 Å². The zero-order valence-electron chi connectivity index (χ0n) is 7.53. The number of rotatable bonds is 3. The van der Waals surface area contributed by atoms with E-state index in [1.807, 2.05) is 6.07 Å². The molecule has 0 saturated carbocycles. The molecule has 0 aromatic carbocycles. The Kier molecular flexibility index (Phi) is 2.84. The van der Waals surface area contributed by atoms with Crippen molar-refractivity contribution in [2.75, 3.05) is 13.1 Å². The van der Waals surface area contributed by atoms with Crippen molar-refractivity contribution in [3.8, 4) is 0 Å². The van der Waals surface area contributed by atoms with Crippen molar-refractivity contribution >= 4 is 0 Å². The lowest BCUT2D eigenvalue weighted by molar-refractivity contribution is 0.541. The summed E-state index contributed by atoms with van der Waals surface area (Å²) in [6.07, 6.45) is 4.58. The lowest BCUT2D eigenvalue weighted by Gasteiger charge is -2.09. The van der Waals surface area contributed by atoms with Crippen LogP contribution in [-0.4, -0.2) is 29.1 Å². The van der Waals surface area contributed by atoms with Crippen LogP contribution in [0.15, 0.2) is 18.6 Å². The Labute approximate surface area is 77.8 Å². The summed E-state index contributed by atoms with van der Waals surface area (Å²) in [4.78, 5) is 8.02. The minimum Gasteiger partial charge on any atom is -0.315 e. The fourth-order valence-corrected chi connectivity index (χ4v) is 1.50. The van der Waals surface area contributed by atoms with Crippen molar-refractivity contribution in [3.63, 3.8) is 0 Å². The Hall–Kier alpha value is -1.00. The third-order valence-corrected chi connectivity index (χ3v) is 2.28. The first-order valence-corrected chi connectivity index (χ1v) is 4.64. The summed E-state index contributed by atoms with van der Waals surface area (Å²) in [7, 11) is 0. The van der Waals surface area contributed by atoms with E-state index >= 15 is 0 Å². The van der Waals surface area contributed by atoms with Gasteiger partial charge in [-0.25, -0.2) is 9.97 Å². The molecule has 1 fully saturated rings. The maximum absolute atomic E-state index is 4.15. The quantitative estimate of drug-likeness (QED) is 0.680. The van der Waals surface area contributed by atoms with Crippen LogP contribution in [0.4, 0.5) is 0 Å². The van der Waals surface area contributed by atoms with Gasteiger partial charge in [0, 0.05) is 25.3 Å². The second-order valence-corrected chi connectivity index (χ2v) is 3.27. The van der Waals surface area contributed by atoms with Gasteiger partial charge in [0.1, 0.15) is 6.33 Å². The highest BCUT2D eigenvalue weighted by Crippen LogP contribution is 1.98. The third-order valence-electron chi connectivity index (χ3n) is 2.28. The fraction of sp³-hybridized carbons (Fsp3) is 0.556. The maximum Gasteiger partial charge on any atom is 0.115 e. The number of nitrogens with zero attached hydrogens (tertiary/aromatic N) is 2. The zero-order valence-corrected chi connectivity index (χ0v) is 7.53. The topological polar surface area (TPSA) is 49.8 Å². The lowest BCUT2D eigenvalue weighted by atomic mass is 10.2. The first kappa shape index (κ1) is 8.59. The first-order valence-electron chi connectivity index (χ1n) is 4.64. The number of hydrogen-bond donors (Lipinski definition) is 2. The summed E-state index contributed by atoms with van der Waals surface area (Å²) >= 11 is 0. The van der Waals surface area contributed by atoms with Crippen LogP contribution in [0.1, 0.15) is 12.1 Å². The van der Waals surface area contributed by atoms with Gasteiger partial charge in [-0.05, 0) is 19.0 Å². The van der Waals surface area contributed by atoms with Crippen LogP contribution in [0.5, 0.6) is 0 Å². The highest BCUT2D eigenvalue weighted by molar-refractivity contribution is 4.97. The Bertz CT molecular complexity index is 243. The molecule has 1 aliphatic heterocycles. The Morgan fingerprint density at radius 2 is 2.62 bits per heavy atom. The summed E-state index contributed by atoms with van der Waals surface area (Å²) in [5, 5.41) is 6.76. The average Bonchev–Trinajstić information content (AvgIpc) is 2.69. The van der Waals surface area contributed by atoms with Gasteiger partial charge < -0.3 is 10.6 Å². The molecule has 0 radical (unpaired) electrons. The molecule has 1 aromatic rings. The summed E-state index contributed by atoms with van der Waals surface area (Å²) in [6, 6.07) is 2.55. The molecule has 0 spiro atoms. The molecule has 1 unspecified atom stereocenters. The molecule has 0 amide bonds. The predicted molar refractivity (Wildman–Crippen MR) is 50.1 cm³/mol. The molecule has 2 N–H and O–H groups in total. The van der Waals surface area contributed by atoms with Gasteiger partial charge in [-0.1, -0.05) is 0 Å². The highest BCUT2D eigenvalue weighted by atomic mass is 15.0. The molecule has 1 aromatic heterocycles. The third kappa shape index (κ3) is 2.47. The van der Waals surface area contributed by atoms with E-state index in [4.69, 9.17) is 0 Å². The minimum atomic E-state index is 0.606. The van der Waals surface area contributed by atoms with E-state index in [1.165, 1.54) is 6.42 Å². The van der Waals surface area contributed by atoms with E-state index in [-0.39, 0.29) is 0 Å². The summed E-state index contributed by atoms with van der Waals surface area (Å²) in [5.41, 5.74) is 1.06. The van der Waals surface area contributed by atoms with Crippen molar-refractivity contribution in [1.82, 2.24) is 20.6 Å². The molecule has 4 nitrogen and oxygen atoms in total. The largest absolute Gasteiger partial charge is 0.315 e. The van der Waals surface area contributed by atoms with Crippen molar-refractivity contribution in [2.24, 2.45) is 0 Å². The van der Waals surface area contributed by atoms with E-state index < -0.39 is 0 Å². The van der Waals surface area contributed by atoms with Crippen molar-refractivity contribution in [2.45, 2.75) is 19.0 Å². The highest BCUT2D eigenvalue weighted by Gasteiger charge is 2.12. The van der Waals surface area contributed by atoms with Gasteiger partial charge in [-0.2, -0.15) is 0 Å². The fourth-order valence-electron chi connectivity index (χ4n) is 1.50. The lowest BCUT2D eigenvalue weighted by Crippen LogP contribution is -2.30. The SMILES string of the molecule is c1cc(CNC2CCNC2)ncn1. The molecular weight excluding hydrogens is 164 g/mol. The van der Waals surface area contributed by atoms with E-state index in [0.717, 1.165) is 25.3 Å². The van der Waals surface area contributed by atoms with Crippen LogP contribution in [-0.2, 0) is 6.54 Å². The van der Waals surface area contributed by atoms with E-state index in [9.17, 15) is 0 Å². The molecule has 2 heterocycles. The predicted octanol–water partition coefficient (Wildman–Crippen LogP) is -0.0719. The monoisotopic (exact) mass is 178 g/mol. The molecular formula is C9H14N4. The molecule has 4 heteroatoms. The molecule has 0 aliphatic carbocycles. The summed E-state index contributed by atoms with van der Waals surface area (Å²) in [6.45, 7) is 3.04. The number of nitrogens with one attached hydrogen (secondary N) is 2.